The molecule has 30 heavy (non-hydrogen) atoms. The van der Waals surface area contributed by atoms with Crippen LogP contribution in [0.25, 0.3) is 11.3 Å². The number of benzene rings is 1. The maximum atomic E-state index is 13.0. The maximum Gasteiger partial charge on any atom is 0.223 e. The fourth-order valence-corrected chi connectivity index (χ4v) is 3.51. The average Bonchev–Trinajstić information content (AvgIpc) is 3.24. The molecule has 2 aromatic rings. The number of aryl methyl sites for hydroxylation is 1. The third-order valence-corrected chi connectivity index (χ3v) is 5.28. The Kier molecular flexibility index (Phi) is 7.96. The molecule has 0 aliphatic carbocycles. The second-order valence-electron chi connectivity index (χ2n) is 7.42. The van der Waals surface area contributed by atoms with Crippen LogP contribution < -0.4 is 5.32 Å². The molecule has 0 atom stereocenters. The lowest BCUT2D eigenvalue weighted by Gasteiger charge is -2.31. The minimum Gasteiger partial charge on any atom is -0.441 e. The van der Waals surface area contributed by atoms with E-state index in [1.54, 1.807) is 30.3 Å². The molecule has 0 bridgehead atoms. The predicted octanol–water partition coefficient (Wildman–Crippen LogP) is 2.80. The topological polar surface area (TPSA) is 84.7 Å². The molecule has 1 fully saturated rings. The molecule has 1 aromatic carbocycles. The first-order chi connectivity index (χ1) is 14.6. The van der Waals surface area contributed by atoms with Crippen LogP contribution >= 0.6 is 0 Å². The molecule has 7 nitrogen and oxygen atoms in total. The number of nitrogens with zero attached hydrogens (tertiary/aromatic N) is 2. The van der Waals surface area contributed by atoms with E-state index in [2.05, 4.69) is 10.3 Å². The monoisotopic (exact) mass is 417 g/mol. The SMILES string of the molecule is COCCCNC(=O)C1CCN(C(=O)CCc2ncc(-c3ccc(F)cc3)o2)CC1. The van der Waals surface area contributed by atoms with Gasteiger partial charge >= 0.3 is 0 Å². The first-order valence-electron chi connectivity index (χ1n) is 10.3. The Morgan fingerprint density at radius 3 is 2.70 bits per heavy atom. The molecule has 1 aromatic heterocycles. The molecule has 8 heteroatoms. The highest BCUT2D eigenvalue weighted by atomic mass is 19.1. The van der Waals surface area contributed by atoms with Gasteiger partial charge < -0.3 is 19.4 Å². The Bertz CT molecular complexity index is 829. The summed E-state index contributed by atoms with van der Waals surface area (Å²) >= 11 is 0. The van der Waals surface area contributed by atoms with Crippen LogP contribution in [-0.4, -0.2) is 55.0 Å². The van der Waals surface area contributed by atoms with Crippen LogP contribution in [0, 0.1) is 11.7 Å². The number of likely N-dealkylation sites (tertiary alicyclic amines) is 1. The summed E-state index contributed by atoms with van der Waals surface area (Å²) in [5, 5.41) is 2.93. The number of carbonyl (C=O) groups excluding carboxylic acids is 2. The molecule has 0 radical (unpaired) electrons. The second kappa shape index (κ2) is 10.9. The van der Waals surface area contributed by atoms with Crippen LogP contribution in [0.1, 0.15) is 31.6 Å². The summed E-state index contributed by atoms with van der Waals surface area (Å²) in [6.45, 7) is 2.41. The lowest BCUT2D eigenvalue weighted by Crippen LogP contribution is -2.43. The van der Waals surface area contributed by atoms with Gasteiger partial charge in [-0.05, 0) is 43.5 Å². The van der Waals surface area contributed by atoms with Crippen molar-refractivity contribution >= 4 is 11.8 Å². The van der Waals surface area contributed by atoms with Crippen LogP contribution in [0.15, 0.2) is 34.9 Å². The zero-order chi connectivity index (χ0) is 21.3. The van der Waals surface area contributed by atoms with Crippen LogP contribution in [-0.2, 0) is 20.7 Å². The first kappa shape index (κ1) is 22.0. The fourth-order valence-electron chi connectivity index (χ4n) is 3.51. The van der Waals surface area contributed by atoms with Gasteiger partial charge in [-0.3, -0.25) is 9.59 Å². The van der Waals surface area contributed by atoms with Gasteiger partial charge in [0.25, 0.3) is 0 Å². The summed E-state index contributed by atoms with van der Waals surface area (Å²) < 4.78 is 23.7. The summed E-state index contributed by atoms with van der Waals surface area (Å²) in [6.07, 6.45) is 4.44. The van der Waals surface area contributed by atoms with Gasteiger partial charge in [0.05, 0.1) is 6.20 Å². The number of hydrogen-bond donors (Lipinski definition) is 1. The molecule has 1 aliphatic rings. The lowest BCUT2D eigenvalue weighted by molar-refractivity contribution is -0.135. The Morgan fingerprint density at radius 2 is 2.00 bits per heavy atom. The number of oxazole rings is 1. The Labute approximate surface area is 175 Å². The minimum atomic E-state index is -0.309. The van der Waals surface area contributed by atoms with E-state index >= 15 is 0 Å². The number of amides is 2. The maximum absolute atomic E-state index is 13.0. The largest absolute Gasteiger partial charge is 0.441 e. The van der Waals surface area contributed by atoms with Gasteiger partial charge in [-0.2, -0.15) is 0 Å². The molecular weight excluding hydrogens is 389 g/mol. The zero-order valence-corrected chi connectivity index (χ0v) is 17.2. The molecule has 1 saturated heterocycles. The van der Waals surface area contributed by atoms with E-state index in [1.807, 2.05) is 0 Å². The van der Waals surface area contributed by atoms with Crippen molar-refractivity contribution in [3.05, 3.63) is 42.2 Å². The van der Waals surface area contributed by atoms with Gasteiger partial charge in [0.1, 0.15) is 5.82 Å². The molecule has 1 N–H and O–H groups in total. The van der Waals surface area contributed by atoms with Gasteiger partial charge in [-0.1, -0.05) is 0 Å². The van der Waals surface area contributed by atoms with Crippen molar-refractivity contribution in [3.63, 3.8) is 0 Å². The highest BCUT2D eigenvalue weighted by molar-refractivity contribution is 5.80. The standard InChI is InChI=1S/C22H28FN3O4/c1-29-14-2-11-24-22(28)17-9-12-26(13-10-17)21(27)8-7-20-25-15-19(30-20)16-3-5-18(23)6-4-16/h3-6,15,17H,2,7-14H2,1H3,(H,24,28). The third kappa shape index (κ3) is 6.13. The van der Waals surface area contributed by atoms with Crippen molar-refractivity contribution in [2.24, 2.45) is 5.92 Å². The van der Waals surface area contributed by atoms with Crippen molar-refractivity contribution in [1.29, 1.82) is 0 Å². The number of hydrogen-bond acceptors (Lipinski definition) is 5. The van der Waals surface area contributed by atoms with Gasteiger partial charge in [0.2, 0.25) is 11.8 Å². The van der Waals surface area contributed by atoms with Gasteiger partial charge in [-0.15, -0.1) is 0 Å². The van der Waals surface area contributed by atoms with E-state index in [-0.39, 0.29) is 23.5 Å². The van der Waals surface area contributed by atoms with E-state index in [0.717, 1.165) is 12.0 Å². The van der Waals surface area contributed by atoms with E-state index < -0.39 is 0 Å². The van der Waals surface area contributed by atoms with Gasteiger partial charge in [0, 0.05) is 57.7 Å². The average molecular weight is 417 g/mol. The molecule has 0 unspecified atom stereocenters. The van der Waals surface area contributed by atoms with Crippen molar-refractivity contribution in [1.82, 2.24) is 15.2 Å². The lowest BCUT2D eigenvalue weighted by atomic mass is 9.95. The first-order valence-corrected chi connectivity index (χ1v) is 10.3. The van der Waals surface area contributed by atoms with E-state index in [4.69, 9.17) is 9.15 Å². The van der Waals surface area contributed by atoms with Crippen LogP contribution in [0.3, 0.4) is 0 Å². The van der Waals surface area contributed by atoms with Gasteiger partial charge in [-0.25, -0.2) is 9.37 Å². The van der Waals surface area contributed by atoms with Crippen LogP contribution in [0.4, 0.5) is 4.39 Å². The number of methoxy groups -OCH3 is 1. The molecule has 162 valence electrons. The number of aromatic nitrogens is 1. The number of halogens is 1. The van der Waals surface area contributed by atoms with Gasteiger partial charge in [0.15, 0.2) is 11.7 Å². The van der Waals surface area contributed by atoms with Crippen molar-refractivity contribution in [2.75, 3.05) is 33.4 Å². The minimum absolute atomic E-state index is 0.0375. The van der Waals surface area contributed by atoms with E-state index in [0.29, 0.717) is 63.6 Å². The Balaban J connectivity index is 1.40. The summed E-state index contributed by atoms with van der Waals surface area (Å²) in [5.41, 5.74) is 0.740. The number of nitrogens with one attached hydrogen (secondary N) is 1. The smallest absolute Gasteiger partial charge is 0.223 e. The number of carbonyl (C=O) groups is 2. The normalized spacial score (nSPS) is 14.7. The zero-order valence-electron chi connectivity index (χ0n) is 17.2. The number of piperidine rings is 1. The summed E-state index contributed by atoms with van der Waals surface area (Å²) in [7, 11) is 1.64. The summed E-state index contributed by atoms with van der Waals surface area (Å²) in [4.78, 5) is 30.7. The molecular formula is C22H28FN3O4. The summed E-state index contributed by atoms with van der Waals surface area (Å²) in [6, 6.07) is 5.99. The van der Waals surface area contributed by atoms with E-state index in [1.165, 1.54) is 12.1 Å². The Hall–Kier alpha value is -2.74. The fraction of sp³-hybridized carbons (Fsp3) is 0.500. The molecule has 0 spiro atoms. The van der Waals surface area contributed by atoms with Crippen LogP contribution in [0.2, 0.25) is 0 Å². The van der Waals surface area contributed by atoms with Crippen LogP contribution in [0.5, 0.6) is 0 Å². The number of rotatable bonds is 9. The highest BCUT2D eigenvalue weighted by Gasteiger charge is 2.27. The second-order valence-corrected chi connectivity index (χ2v) is 7.42. The molecule has 0 saturated carbocycles. The Morgan fingerprint density at radius 1 is 1.27 bits per heavy atom. The van der Waals surface area contributed by atoms with E-state index in [9.17, 15) is 14.0 Å². The van der Waals surface area contributed by atoms with Crippen molar-refractivity contribution in [3.8, 4) is 11.3 Å². The predicted molar refractivity (Wildman–Crippen MR) is 109 cm³/mol. The summed E-state index contributed by atoms with van der Waals surface area (Å²) in [5.74, 6) is 0.780. The van der Waals surface area contributed by atoms with Crippen molar-refractivity contribution in [2.45, 2.75) is 32.1 Å². The molecule has 2 amide bonds. The number of ether oxygens (including phenoxy) is 1. The third-order valence-electron chi connectivity index (χ3n) is 5.28. The van der Waals surface area contributed by atoms with Crippen molar-refractivity contribution < 1.29 is 23.1 Å². The molecule has 1 aliphatic heterocycles. The molecule has 2 heterocycles. The quantitative estimate of drug-likeness (QED) is 0.634. The highest BCUT2D eigenvalue weighted by Crippen LogP contribution is 2.22. The molecule has 3 rings (SSSR count).